The van der Waals surface area contributed by atoms with Gasteiger partial charge in [-0.05, 0) is 30.7 Å². The van der Waals surface area contributed by atoms with Crippen LogP contribution in [0.2, 0.25) is 0 Å². The summed E-state index contributed by atoms with van der Waals surface area (Å²) < 4.78 is 13.9. The second kappa shape index (κ2) is 6.67. The molecule has 0 saturated carbocycles. The van der Waals surface area contributed by atoms with Crippen LogP contribution in [0.25, 0.3) is 17.2 Å². The van der Waals surface area contributed by atoms with Gasteiger partial charge in [0.1, 0.15) is 11.5 Å². The fraction of sp³-hybridized carbons (Fsp3) is 0.190. The van der Waals surface area contributed by atoms with Crippen molar-refractivity contribution in [1.29, 1.82) is 0 Å². The van der Waals surface area contributed by atoms with E-state index >= 15 is 0 Å². The zero-order valence-electron chi connectivity index (χ0n) is 14.6. The maximum absolute atomic E-state index is 13.9. The van der Waals surface area contributed by atoms with Crippen LogP contribution in [-0.2, 0) is 13.0 Å². The van der Waals surface area contributed by atoms with Crippen molar-refractivity contribution in [2.75, 3.05) is 6.54 Å². The highest BCUT2D eigenvalue weighted by molar-refractivity contribution is 5.62. The van der Waals surface area contributed by atoms with Crippen LogP contribution in [0.1, 0.15) is 22.4 Å². The van der Waals surface area contributed by atoms with E-state index in [9.17, 15) is 4.39 Å². The SMILES string of the molecule is C=C(c1ccc(C)c(F)c1)N1CCc2nc(-c3ccccn3)ncc2C1. The van der Waals surface area contributed by atoms with Crippen molar-refractivity contribution in [3.63, 3.8) is 0 Å². The lowest BCUT2D eigenvalue weighted by molar-refractivity contribution is 0.368. The van der Waals surface area contributed by atoms with E-state index in [0.29, 0.717) is 17.9 Å². The Balaban J connectivity index is 1.56. The highest BCUT2D eigenvalue weighted by Gasteiger charge is 2.21. The Morgan fingerprint density at radius 3 is 2.85 bits per heavy atom. The normalized spacial score (nSPS) is 13.4. The number of hydrogen-bond acceptors (Lipinski definition) is 4. The van der Waals surface area contributed by atoms with Gasteiger partial charge in [-0.2, -0.15) is 0 Å². The third kappa shape index (κ3) is 3.08. The molecule has 26 heavy (non-hydrogen) atoms. The molecular weight excluding hydrogens is 327 g/mol. The molecule has 1 aliphatic heterocycles. The van der Waals surface area contributed by atoms with Gasteiger partial charge >= 0.3 is 0 Å². The van der Waals surface area contributed by atoms with Gasteiger partial charge in [0.25, 0.3) is 0 Å². The molecular formula is C21H19FN4. The Hall–Kier alpha value is -3.08. The van der Waals surface area contributed by atoms with Crippen molar-refractivity contribution in [1.82, 2.24) is 19.9 Å². The van der Waals surface area contributed by atoms with Crippen molar-refractivity contribution in [3.8, 4) is 11.5 Å². The zero-order valence-corrected chi connectivity index (χ0v) is 14.6. The lowest BCUT2D eigenvalue weighted by atomic mass is 10.0. The first kappa shape index (κ1) is 16.4. The molecule has 0 aliphatic carbocycles. The predicted octanol–water partition coefficient (Wildman–Crippen LogP) is 4.02. The number of halogens is 1. The summed E-state index contributed by atoms with van der Waals surface area (Å²) in [6.07, 6.45) is 4.40. The molecule has 0 spiro atoms. The summed E-state index contributed by atoms with van der Waals surface area (Å²) in [6, 6.07) is 11.0. The molecule has 4 rings (SSSR count). The minimum absolute atomic E-state index is 0.204. The average molecular weight is 346 g/mol. The lowest BCUT2D eigenvalue weighted by Crippen LogP contribution is -2.30. The first-order valence-electron chi connectivity index (χ1n) is 8.58. The maximum atomic E-state index is 13.9. The molecule has 130 valence electrons. The number of aryl methyl sites for hydroxylation is 1. The summed E-state index contributed by atoms with van der Waals surface area (Å²) in [7, 11) is 0. The Bertz CT molecular complexity index is 969. The minimum atomic E-state index is -0.204. The molecule has 0 atom stereocenters. The van der Waals surface area contributed by atoms with Crippen LogP contribution < -0.4 is 0 Å². The summed E-state index contributed by atoms with van der Waals surface area (Å²) >= 11 is 0. The summed E-state index contributed by atoms with van der Waals surface area (Å²) in [5, 5.41) is 0. The van der Waals surface area contributed by atoms with E-state index in [-0.39, 0.29) is 5.82 Å². The van der Waals surface area contributed by atoms with Crippen LogP contribution in [0.15, 0.2) is 55.4 Å². The lowest BCUT2D eigenvalue weighted by Gasteiger charge is -2.31. The van der Waals surface area contributed by atoms with E-state index < -0.39 is 0 Å². The summed E-state index contributed by atoms with van der Waals surface area (Å²) in [5.41, 5.74) is 5.16. The summed E-state index contributed by atoms with van der Waals surface area (Å²) in [5.74, 6) is 0.446. The van der Waals surface area contributed by atoms with Gasteiger partial charge in [-0.15, -0.1) is 0 Å². The van der Waals surface area contributed by atoms with E-state index in [4.69, 9.17) is 0 Å². The van der Waals surface area contributed by atoms with Crippen molar-refractivity contribution in [3.05, 3.63) is 83.6 Å². The number of fused-ring (bicyclic) bond motifs is 1. The largest absolute Gasteiger partial charge is 0.367 e. The molecule has 1 aromatic carbocycles. The van der Waals surface area contributed by atoms with Gasteiger partial charge in [0, 0.05) is 48.7 Å². The number of pyridine rings is 1. The van der Waals surface area contributed by atoms with Crippen molar-refractivity contribution < 1.29 is 4.39 Å². The van der Waals surface area contributed by atoms with Crippen molar-refractivity contribution >= 4 is 5.70 Å². The fourth-order valence-corrected chi connectivity index (χ4v) is 3.12. The van der Waals surface area contributed by atoms with Crippen LogP contribution in [0.4, 0.5) is 4.39 Å². The molecule has 0 fully saturated rings. The molecule has 0 saturated heterocycles. The van der Waals surface area contributed by atoms with Crippen LogP contribution >= 0.6 is 0 Å². The summed E-state index contributed by atoms with van der Waals surface area (Å²) in [4.78, 5) is 15.6. The van der Waals surface area contributed by atoms with E-state index in [1.54, 1.807) is 25.3 Å². The topological polar surface area (TPSA) is 41.9 Å². The molecule has 3 heterocycles. The molecule has 0 amide bonds. The highest BCUT2D eigenvalue weighted by Crippen LogP contribution is 2.27. The smallest absolute Gasteiger partial charge is 0.178 e. The Labute approximate surface area is 152 Å². The Morgan fingerprint density at radius 1 is 1.19 bits per heavy atom. The number of rotatable bonds is 3. The molecule has 0 radical (unpaired) electrons. The second-order valence-corrected chi connectivity index (χ2v) is 6.46. The van der Waals surface area contributed by atoms with Gasteiger partial charge in [0.05, 0.1) is 5.69 Å². The highest BCUT2D eigenvalue weighted by atomic mass is 19.1. The zero-order chi connectivity index (χ0) is 18.1. The molecule has 0 unspecified atom stereocenters. The fourth-order valence-electron chi connectivity index (χ4n) is 3.12. The Kier molecular flexibility index (Phi) is 4.21. The average Bonchev–Trinajstić information content (AvgIpc) is 2.69. The van der Waals surface area contributed by atoms with Gasteiger partial charge < -0.3 is 4.90 Å². The van der Waals surface area contributed by atoms with E-state index in [1.165, 1.54) is 0 Å². The Morgan fingerprint density at radius 2 is 2.08 bits per heavy atom. The van der Waals surface area contributed by atoms with Crippen LogP contribution in [-0.4, -0.2) is 26.4 Å². The van der Waals surface area contributed by atoms with Gasteiger partial charge in [0.15, 0.2) is 5.82 Å². The molecule has 3 aromatic rings. The quantitative estimate of drug-likeness (QED) is 0.718. The van der Waals surface area contributed by atoms with E-state index in [1.807, 2.05) is 30.5 Å². The van der Waals surface area contributed by atoms with Crippen molar-refractivity contribution in [2.24, 2.45) is 0 Å². The molecule has 0 N–H and O–H groups in total. The van der Waals surface area contributed by atoms with Crippen molar-refractivity contribution in [2.45, 2.75) is 19.9 Å². The van der Waals surface area contributed by atoms with Crippen LogP contribution in [0, 0.1) is 12.7 Å². The second-order valence-electron chi connectivity index (χ2n) is 6.46. The summed E-state index contributed by atoms with van der Waals surface area (Å²) in [6.45, 7) is 7.39. The third-order valence-electron chi connectivity index (χ3n) is 4.71. The monoisotopic (exact) mass is 346 g/mol. The van der Waals surface area contributed by atoms with Gasteiger partial charge in [-0.25, -0.2) is 14.4 Å². The number of hydrogen-bond donors (Lipinski definition) is 0. The van der Waals surface area contributed by atoms with Gasteiger partial charge in [-0.3, -0.25) is 4.98 Å². The molecule has 4 nitrogen and oxygen atoms in total. The van der Waals surface area contributed by atoms with Crippen LogP contribution in [0.5, 0.6) is 0 Å². The predicted molar refractivity (Wildman–Crippen MR) is 99.5 cm³/mol. The molecule has 2 aromatic heterocycles. The van der Waals surface area contributed by atoms with Crippen LogP contribution in [0.3, 0.4) is 0 Å². The van der Waals surface area contributed by atoms with E-state index in [2.05, 4.69) is 26.4 Å². The first-order valence-corrected chi connectivity index (χ1v) is 8.58. The minimum Gasteiger partial charge on any atom is -0.367 e. The molecule has 0 bridgehead atoms. The standard InChI is InChI=1S/C21H19FN4/c1-14-6-7-16(11-18(14)22)15(2)26-10-8-19-17(13-26)12-24-21(25-19)20-5-3-4-9-23-20/h3-7,9,11-12H,2,8,10,13H2,1H3. The number of benzene rings is 1. The van der Waals surface area contributed by atoms with Gasteiger partial charge in [0.2, 0.25) is 0 Å². The van der Waals surface area contributed by atoms with E-state index in [0.717, 1.165) is 41.2 Å². The third-order valence-corrected chi connectivity index (χ3v) is 4.71. The molecule has 1 aliphatic rings. The number of nitrogens with zero attached hydrogens (tertiary/aromatic N) is 4. The number of aromatic nitrogens is 3. The molecule has 5 heteroatoms. The first-order chi connectivity index (χ1) is 12.6. The maximum Gasteiger partial charge on any atom is 0.178 e. The van der Waals surface area contributed by atoms with Gasteiger partial charge in [-0.1, -0.05) is 24.8 Å².